The molecule has 25 heavy (non-hydrogen) atoms. The van der Waals surface area contributed by atoms with Gasteiger partial charge in [-0.15, -0.1) is 0 Å². The summed E-state index contributed by atoms with van der Waals surface area (Å²) in [6.45, 7) is 3.25. The first-order chi connectivity index (χ1) is 11.9. The smallest absolute Gasteiger partial charge is 0.410 e. The van der Waals surface area contributed by atoms with Gasteiger partial charge in [0.1, 0.15) is 0 Å². The number of carboxylic acid groups (broad SMARTS) is 1. The maximum Gasteiger partial charge on any atom is 0.410 e. The van der Waals surface area contributed by atoms with E-state index in [2.05, 4.69) is 20.6 Å². The van der Waals surface area contributed by atoms with Gasteiger partial charge in [-0.3, -0.25) is 10.1 Å². The third kappa shape index (κ3) is 6.56. The van der Waals surface area contributed by atoms with Crippen LogP contribution in [-0.2, 0) is 4.79 Å². The lowest BCUT2D eigenvalue weighted by Crippen LogP contribution is -2.08. The molecule has 0 fully saturated rings. The van der Waals surface area contributed by atoms with Crippen molar-refractivity contribution in [2.24, 2.45) is 0 Å². The fourth-order valence-corrected chi connectivity index (χ4v) is 2.70. The normalized spacial score (nSPS) is 9.84. The lowest BCUT2D eigenvalue weighted by Gasteiger charge is -2.04. The van der Waals surface area contributed by atoms with Crippen LogP contribution in [0.1, 0.15) is 12.6 Å². The molecule has 0 unspecified atom stereocenters. The molecule has 0 spiro atoms. The third-order valence-corrected chi connectivity index (χ3v) is 3.87. The molecule has 4 N–H and O–H groups in total. The summed E-state index contributed by atoms with van der Waals surface area (Å²) < 4.78 is 0. The van der Waals surface area contributed by atoms with Gasteiger partial charge in [0.15, 0.2) is 5.82 Å². The first-order valence-electron chi connectivity index (χ1n) is 7.37. The van der Waals surface area contributed by atoms with E-state index in [1.54, 1.807) is 19.2 Å². The highest BCUT2D eigenvalue weighted by Gasteiger charge is 2.00. The number of aromatic nitrogens is 2. The van der Waals surface area contributed by atoms with E-state index >= 15 is 0 Å². The molecule has 0 saturated carbocycles. The number of rotatable bonds is 4. The molecule has 0 radical (unpaired) electrons. The van der Waals surface area contributed by atoms with Crippen molar-refractivity contribution in [3.05, 3.63) is 54.5 Å². The molecule has 1 heterocycles. The molecule has 0 atom stereocenters. The number of carbonyl (C=O) groups excluding carboxylic acids is 1. The quantitative estimate of drug-likeness (QED) is 0.660. The van der Waals surface area contributed by atoms with Crippen LogP contribution in [0, 0.1) is 6.92 Å². The highest BCUT2D eigenvalue weighted by Crippen LogP contribution is 2.27. The molecule has 1 aromatic carbocycles. The van der Waals surface area contributed by atoms with Crippen molar-refractivity contribution in [2.75, 3.05) is 10.6 Å². The van der Waals surface area contributed by atoms with Crippen molar-refractivity contribution >= 4 is 35.3 Å². The van der Waals surface area contributed by atoms with Gasteiger partial charge in [-0.05, 0) is 43.3 Å². The number of hydrogen-bond donors (Lipinski definition) is 4. The van der Waals surface area contributed by atoms with Gasteiger partial charge in [0.25, 0.3) is 0 Å². The molecular formula is C17H18N4O3S. The lowest BCUT2D eigenvalue weighted by molar-refractivity contribution is -0.114. The zero-order chi connectivity index (χ0) is 18.2. The van der Waals surface area contributed by atoms with Gasteiger partial charge in [0.2, 0.25) is 5.91 Å². The minimum absolute atomic E-state index is 0.112. The van der Waals surface area contributed by atoms with Crippen LogP contribution in [0.15, 0.2) is 58.6 Å². The fourth-order valence-electron chi connectivity index (χ4n) is 1.90. The molecule has 0 aliphatic rings. The van der Waals surface area contributed by atoms with Crippen LogP contribution in [0.4, 0.5) is 16.3 Å². The molecular weight excluding hydrogens is 340 g/mol. The summed E-state index contributed by atoms with van der Waals surface area (Å²) in [6.07, 6.45) is 2.05. The number of hydrogen-bond acceptors (Lipinski definition) is 4. The van der Waals surface area contributed by atoms with Crippen molar-refractivity contribution in [3.8, 4) is 0 Å². The monoisotopic (exact) mass is 358 g/mol. The van der Waals surface area contributed by atoms with Gasteiger partial charge in [-0.2, -0.15) is 0 Å². The van der Waals surface area contributed by atoms with Crippen molar-refractivity contribution in [3.63, 3.8) is 0 Å². The Balaban J connectivity index is 2.22. The number of anilines is 2. The topological polar surface area (TPSA) is 107 Å². The van der Waals surface area contributed by atoms with Crippen molar-refractivity contribution < 1.29 is 14.7 Å². The predicted molar refractivity (Wildman–Crippen MR) is 97.5 cm³/mol. The number of H-pyrrole nitrogens is 1. The zero-order valence-corrected chi connectivity index (χ0v) is 14.6. The average molecular weight is 358 g/mol. The summed E-state index contributed by atoms with van der Waals surface area (Å²) in [5, 5.41) is 13.7. The van der Waals surface area contributed by atoms with E-state index in [0.29, 0.717) is 5.69 Å². The van der Waals surface area contributed by atoms with Crippen LogP contribution in [0.2, 0.25) is 0 Å². The number of carbonyl (C=O) groups is 2. The Labute approximate surface area is 149 Å². The van der Waals surface area contributed by atoms with E-state index in [4.69, 9.17) is 5.11 Å². The number of amides is 2. The van der Waals surface area contributed by atoms with Gasteiger partial charge in [0, 0.05) is 40.5 Å². The molecule has 0 aliphatic carbocycles. The SMILES string of the molecule is CC(=O)Nc1ccc(Sc2ccc(C)nc(NC(=O)O)c[nH]c2)cc1. The van der Waals surface area contributed by atoms with Gasteiger partial charge >= 0.3 is 6.09 Å². The Morgan fingerprint density at radius 1 is 1.04 bits per heavy atom. The first kappa shape index (κ1) is 18.3. The molecule has 0 aliphatic heterocycles. The Kier molecular flexibility index (Phi) is 6.41. The van der Waals surface area contributed by atoms with Gasteiger partial charge in [-0.1, -0.05) is 11.8 Å². The average Bonchev–Trinajstić information content (AvgIpc) is 2.60. The van der Waals surface area contributed by atoms with Crippen LogP contribution in [0.25, 0.3) is 0 Å². The maximum atomic E-state index is 11.0. The predicted octanol–water partition coefficient (Wildman–Crippen LogP) is 4.04. The lowest BCUT2D eigenvalue weighted by atomic mass is 10.3. The number of benzene rings is 1. The van der Waals surface area contributed by atoms with Crippen LogP contribution >= 0.6 is 11.8 Å². The van der Waals surface area contributed by atoms with Crippen molar-refractivity contribution in [1.82, 2.24) is 9.97 Å². The van der Waals surface area contributed by atoms with E-state index in [-0.39, 0.29) is 11.7 Å². The number of nitrogens with one attached hydrogen (secondary N) is 3. The minimum Gasteiger partial charge on any atom is -0.465 e. The molecule has 7 nitrogen and oxygen atoms in total. The maximum absolute atomic E-state index is 11.0. The van der Waals surface area contributed by atoms with Crippen molar-refractivity contribution in [2.45, 2.75) is 23.6 Å². The largest absolute Gasteiger partial charge is 0.465 e. The highest BCUT2D eigenvalue weighted by atomic mass is 32.2. The third-order valence-electron chi connectivity index (χ3n) is 2.88. The van der Waals surface area contributed by atoms with E-state index < -0.39 is 6.09 Å². The molecule has 2 aromatic rings. The second-order valence-corrected chi connectivity index (χ2v) is 6.21. The van der Waals surface area contributed by atoms with Crippen LogP contribution in [0.5, 0.6) is 0 Å². The summed E-state index contributed by atoms with van der Waals surface area (Å²) in [7, 11) is 0. The Bertz CT molecular complexity index is 817. The number of nitrogens with zero attached hydrogens (tertiary/aromatic N) is 1. The standard InChI is InChI=1S/C17H18N4O3S/c1-11-3-6-15(9-18-10-16(19-11)21-17(23)24)25-14-7-4-13(5-8-14)20-12(2)22/h3-10,18,21H,1-2H3,(H,20,22)(H,23,24). The van der Waals surface area contributed by atoms with Crippen LogP contribution in [0.3, 0.4) is 0 Å². The fraction of sp³-hybridized carbons (Fsp3) is 0.118. The van der Waals surface area contributed by atoms with Gasteiger partial charge in [0.05, 0.1) is 0 Å². The van der Waals surface area contributed by atoms with Crippen LogP contribution in [-0.4, -0.2) is 27.1 Å². The summed E-state index contributed by atoms with van der Waals surface area (Å²) in [4.78, 5) is 30.8. The Hall–Kier alpha value is -3.00. The summed E-state index contributed by atoms with van der Waals surface area (Å²) in [6, 6.07) is 11.2. The molecule has 2 amide bonds. The second kappa shape index (κ2) is 8.74. The second-order valence-electron chi connectivity index (χ2n) is 5.07. The van der Waals surface area contributed by atoms with E-state index in [1.807, 2.05) is 30.3 Å². The molecule has 2 rings (SSSR count). The minimum atomic E-state index is -1.18. The summed E-state index contributed by atoms with van der Waals surface area (Å²) in [5.74, 6) is 0.0932. The number of aromatic amines is 1. The molecule has 8 heteroatoms. The van der Waals surface area contributed by atoms with E-state index in [0.717, 1.165) is 15.5 Å². The van der Waals surface area contributed by atoms with Gasteiger partial charge in [-0.25, -0.2) is 9.78 Å². The molecule has 0 bridgehead atoms. The highest BCUT2D eigenvalue weighted by molar-refractivity contribution is 7.99. The van der Waals surface area contributed by atoms with E-state index in [1.165, 1.54) is 24.9 Å². The van der Waals surface area contributed by atoms with Crippen LogP contribution < -0.4 is 10.6 Å². The first-order valence-corrected chi connectivity index (χ1v) is 8.19. The molecule has 0 saturated heterocycles. The summed E-state index contributed by atoms with van der Waals surface area (Å²) >= 11 is 1.52. The zero-order valence-electron chi connectivity index (χ0n) is 13.7. The Morgan fingerprint density at radius 2 is 1.72 bits per heavy atom. The molecule has 1 aromatic heterocycles. The summed E-state index contributed by atoms with van der Waals surface area (Å²) in [5.41, 5.74) is 1.40. The van der Waals surface area contributed by atoms with E-state index in [9.17, 15) is 9.59 Å². The number of aryl methyl sites for hydroxylation is 1. The van der Waals surface area contributed by atoms with Gasteiger partial charge < -0.3 is 15.4 Å². The molecule has 130 valence electrons. The Morgan fingerprint density at radius 3 is 2.36 bits per heavy atom. The van der Waals surface area contributed by atoms with Crippen molar-refractivity contribution in [1.29, 1.82) is 0 Å².